The number of nitrogens with one attached hydrogen (secondary N) is 1. The Kier molecular flexibility index (Phi) is 7.64. The van der Waals surface area contributed by atoms with E-state index < -0.39 is 5.41 Å². The fourth-order valence-electron chi connectivity index (χ4n) is 8.24. The van der Waals surface area contributed by atoms with Gasteiger partial charge in [-0.3, -0.25) is 14.3 Å². The number of imidazole rings is 1. The zero-order chi connectivity index (χ0) is 33.0. The lowest BCUT2D eigenvalue weighted by Crippen LogP contribution is -2.38. The number of aromatic nitrogens is 5. The quantitative estimate of drug-likeness (QED) is 0.280. The van der Waals surface area contributed by atoms with Crippen LogP contribution in [0.2, 0.25) is 0 Å². The molecule has 1 spiro atoms. The molecule has 8 rings (SSSR count). The second kappa shape index (κ2) is 12.0. The molecule has 1 amide bonds. The molecule has 13 nitrogen and oxygen atoms in total. The number of nitrogens with zero attached hydrogens (tertiary/aromatic N) is 7. The molecule has 2 saturated heterocycles. The highest BCUT2D eigenvalue weighted by Gasteiger charge is 2.49. The Hall–Kier alpha value is -4.80. The number of aryl methyl sites for hydroxylation is 1. The van der Waals surface area contributed by atoms with Gasteiger partial charge in [-0.25, -0.2) is 9.97 Å². The summed E-state index contributed by atoms with van der Waals surface area (Å²) in [5.74, 6) is 1.76. The van der Waals surface area contributed by atoms with E-state index in [2.05, 4.69) is 40.4 Å². The first-order valence-corrected chi connectivity index (χ1v) is 16.8. The molecule has 13 heteroatoms. The molecule has 4 aliphatic rings. The lowest BCUT2D eigenvalue weighted by molar-refractivity contribution is 0.0925. The van der Waals surface area contributed by atoms with E-state index in [9.17, 15) is 10.1 Å². The highest BCUT2D eigenvalue weighted by Crippen LogP contribution is 2.54. The Morgan fingerprint density at radius 1 is 1.23 bits per heavy atom. The highest BCUT2D eigenvalue weighted by molar-refractivity contribution is 5.92. The molecule has 2 aliphatic heterocycles. The Bertz CT molecular complexity index is 1920. The Morgan fingerprint density at radius 2 is 2.12 bits per heavy atom. The van der Waals surface area contributed by atoms with Crippen LogP contribution in [0.25, 0.3) is 17.3 Å². The van der Waals surface area contributed by atoms with Crippen LogP contribution in [0.15, 0.2) is 35.2 Å². The van der Waals surface area contributed by atoms with Gasteiger partial charge < -0.3 is 25.0 Å². The van der Waals surface area contributed by atoms with Gasteiger partial charge in [0.25, 0.3) is 5.91 Å². The summed E-state index contributed by atoms with van der Waals surface area (Å²) < 4.78 is 19.8. The van der Waals surface area contributed by atoms with Gasteiger partial charge in [-0.1, -0.05) is 11.2 Å². The molecular formula is C35H39N9O4. The average molecular weight is 650 g/mol. The standard InChI is InChI=1S/C35H39N9O4/c1-20(27-6-4-13-43(27)2)47-29-15-28(44-17-26(38-19-44)34(45)39-22-10-14-46-18-22)40-33(41-29)31-23-5-3-11-35(32(23)48-42-31)12-9-21-7-8-25(37)24(16-36)30(21)35/h7-8,15,17,19-20,22,27H,3-6,9-14,18,37H2,1-2H3,(H,39,45)/t20-,22+,27-,35-/m0/s1. The molecule has 4 aromatic rings. The van der Waals surface area contributed by atoms with Crippen LogP contribution >= 0.6 is 0 Å². The molecule has 3 aromatic heterocycles. The number of likely N-dealkylation sites (tertiary alicyclic amines) is 1. The van der Waals surface area contributed by atoms with Gasteiger partial charge in [-0.2, -0.15) is 10.2 Å². The van der Waals surface area contributed by atoms with Crippen LogP contribution in [0.5, 0.6) is 5.88 Å². The lowest BCUT2D eigenvalue weighted by atomic mass is 9.68. The molecule has 1 aromatic carbocycles. The number of hydrogen-bond donors (Lipinski definition) is 2. The van der Waals surface area contributed by atoms with Crippen molar-refractivity contribution in [3.8, 4) is 29.3 Å². The van der Waals surface area contributed by atoms with Crippen molar-refractivity contribution in [2.24, 2.45) is 0 Å². The fraction of sp³-hybridized carbons (Fsp3) is 0.486. The molecule has 0 saturated carbocycles. The number of ether oxygens (including phenoxy) is 2. The molecule has 0 bridgehead atoms. The van der Waals surface area contributed by atoms with Crippen LogP contribution in [-0.2, 0) is 23.0 Å². The third-order valence-corrected chi connectivity index (χ3v) is 10.7. The van der Waals surface area contributed by atoms with E-state index in [0.717, 1.165) is 80.4 Å². The van der Waals surface area contributed by atoms with Crippen LogP contribution in [0.1, 0.15) is 84.0 Å². The maximum Gasteiger partial charge on any atom is 0.271 e. The Morgan fingerprint density at radius 3 is 2.92 bits per heavy atom. The zero-order valence-electron chi connectivity index (χ0n) is 27.2. The molecule has 5 heterocycles. The third-order valence-electron chi connectivity index (χ3n) is 10.7. The fourth-order valence-corrected chi connectivity index (χ4v) is 8.24. The number of likely N-dealkylation sites (N-methyl/N-ethyl adjacent to an activating group) is 1. The molecular weight excluding hydrogens is 610 g/mol. The number of carbonyl (C=O) groups is 1. The van der Waals surface area contributed by atoms with Crippen LogP contribution in [-0.4, -0.2) is 80.5 Å². The van der Waals surface area contributed by atoms with Crippen molar-refractivity contribution < 1.29 is 18.8 Å². The number of hydrogen-bond acceptors (Lipinski definition) is 11. The van der Waals surface area contributed by atoms with E-state index in [1.165, 1.54) is 0 Å². The molecule has 2 aliphatic carbocycles. The van der Waals surface area contributed by atoms with Crippen molar-refractivity contribution in [3.63, 3.8) is 0 Å². The van der Waals surface area contributed by atoms with Gasteiger partial charge in [-0.05, 0) is 89.1 Å². The van der Waals surface area contributed by atoms with Crippen LogP contribution in [0.3, 0.4) is 0 Å². The summed E-state index contributed by atoms with van der Waals surface area (Å²) in [6.07, 6.45) is 10.2. The van der Waals surface area contributed by atoms with Gasteiger partial charge in [0.2, 0.25) is 5.88 Å². The van der Waals surface area contributed by atoms with Crippen LogP contribution in [0.4, 0.5) is 5.69 Å². The van der Waals surface area contributed by atoms with Crippen molar-refractivity contribution in [1.29, 1.82) is 5.26 Å². The van der Waals surface area contributed by atoms with Crippen molar-refractivity contribution in [2.75, 3.05) is 32.5 Å². The van der Waals surface area contributed by atoms with Gasteiger partial charge in [0.05, 0.1) is 23.6 Å². The number of amides is 1. The number of rotatable bonds is 7. The summed E-state index contributed by atoms with van der Waals surface area (Å²) in [4.78, 5) is 29.5. The summed E-state index contributed by atoms with van der Waals surface area (Å²) in [6.45, 7) is 4.23. The number of nitrogen functional groups attached to an aromatic ring is 1. The number of carbonyl (C=O) groups excluding carboxylic acids is 1. The van der Waals surface area contributed by atoms with E-state index in [0.29, 0.717) is 47.7 Å². The third kappa shape index (κ3) is 5.11. The summed E-state index contributed by atoms with van der Waals surface area (Å²) in [5, 5.41) is 17.7. The molecule has 4 atom stereocenters. The van der Waals surface area contributed by atoms with Gasteiger partial charge >= 0.3 is 0 Å². The maximum absolute atomic E-state index is 13.0. The first-order valence-electron chi connectivity index (χ1n) is 16.8. The van der Waals surface area contributed by atoms with E-state index in [-0.39, 0.29) is 29.8 Å². The molecule has 0 unspecified atom stereocenters. The van der Waals surface area contributed by atoms with Gasteiger partial charge in [0.1, 0.15) is 30.0 Å². The number of anilines is 1. The molecule has 48 heavy (non-hydrogen) atoms. The van der Waals surface area contributed by atoms with Crippen molar-refractivity contribution in [3.05, 3.63) is 64.4 Å². The topological polar surface area (TPSA) is 170 Å². The predicted octanol–water partition coefficient (Wildman–Crippen LogP) is 3.72. The molecule has 3 N–H and O–H groups in total. The Balaban J connectivity index is 1.19. The van der Waals surface area contributed by atoms with Crippen LogP contribution < -0.4 is 15.8 Å². The van der Waals surface area contributed by atoms with E-state index in [1.54, 1.807) is 23.2 Å². The van der Waals surface area contributed by atoms with Crippen molar-refractivity contribution >= 4 is 11.6 Å². The van der Waals surface area contributed by atoms with Crippen molar-refractivity contribution in [1.82, 2.24) is 34.9 Å². The van der Waals surface area contributed by atoms with Crippen molar-refractivity contribution in [2.45, 2.75) is 81.9 Å². The van der Waals surface area contributed by atoms with Gasteiger partial charge in [-0.15, -0.1) is 0 Å². The SMILES string of the molecule is C[C@H](Oc1cc(-n2cnc(C(=O)N[C@@H]3CCOC3)c2)nc(-c2noc3c2CCC[C@@]32CCc3ccc(N)c(C#N)c32)n1)[C@@H]1CCCN1C. The number of nitrogens with two attached hydrogens (primary N) is 1. The minimum Gasteiger partial charge on any atom is -0.473 e. The monoisotopic (exact) mass is 649 g/mol. The average Bonchev–Trinajstić information content (AvgIpc) is 3.93. The summed E-state index contributed by atoms with van der Waals surface area (Å²) in [7, 11) is 2.12. The first kappa shape index (κ1) is 30.5. The van der Waals surface area contributed by atoms with Gasteiger partial charge in [0.15, 0.2) is 17.3 Å². The van der Waals surface area contributed by atoms with E-state index in [1.807, 2.05) is 12.1 Å². The number of benzene rings is 1. The summed E-state index contributed by atoms with van der Waals surface area (Å²) >= 11 is 0. The van der Waals surface area contributed by atoms with Gasteiger partial charge in [0, 0.05) is 36.2 Å². The minimum atomic E-state index is -0.482. The Labute approximate surface area is 278 Å². The lowest BCUT2D eigenvalue weighted by Gasteiger charge is -2.33. The normalized spacial score (nSPS) is 23.9. The summed E-state index contributed by atoms with van der Waals surface area (Å²) in [5.41, 5.74) is 10.7. The largest absolute Gasteiger partial charge is 0.473 e. The van der Waals surface area contributed by atoms with E-state index >= 15 is 0 Å². The van der Waals surface area contributed by atoms with E-state index in [4.69, 9.17) is 29.7 Å². The first-order chi connectivity index (χ1) is 23.3. The number of fused-ring (bicyclic) bond motifs is 4. The number of nitriles is 1. The maximum atomic E-state index is 13.0. The smallest absolute Gasteiger partial charge is 0.271 e. The molecule has 248 valence electrons. The molecule has 0 radical (unpaired) electrons. The molecule has 2 fully saturated rings. The second-order valence-electron chi connectivity index (χ2n) is 13.6. The summed E-state index contributed by atoms with van der Waals surface area (Å²) in [6, 6.07) is 8.23. The predicted molar refractivity (Wildman–Crippen MR) is 175 cm³/mol. The minimum absolute atomic E-state index is 0.0299. The van der Waals surface area contributed by atoms with Crippen LogP contribution in [0, 0.1) is 11.3 Å². The zero-order valence-corrected chi connectivity index (χ0v) is 27.2. The highest BCUT2D eigenvalue weighted by atomic mass is 16.5. The second-order valence-corrected chi connectivity index (χ2v) is 13.6.